The molecule has 0 spiro atoms. The predicted octanol–water partition coefficient (Wildman–Crippen LogP) is 2.18. The monoisotopic (exact) mass is 301 g/mol. The number of aromatic nitrogens is 1. The van der Waals surface area contributed by atoms with Crippen LogP contribution in [0.25, 0.3) is 0 Å². The molecule has 0 saturated carbocycles. The smallest absolute Gasteiger partial charge is 0.305 e. The average Bonchev–Trinajstić information content (AvgIpc) is 2.27. The van der Waals surface area contributed by atoms with Gasteiger partial charge in [0.25, 0.3) is 0 Å². The second kappa shape index (κ2) is 7.11. The lowest BCUT2D eigenvalue weighted by Gasteiger charge is -2.07. The van der Waals surface area contributed by atoms with Crippen LogP contribution in [0.5, 0.6) is 0 Å². The summed E-state index contributed by atoms with van der Waals surface area (Å²) in [5.74, 6) is 0.557. The first kappa shape index (κ1) is 13.8. The number of nitrogens with zero attached hydrogens (tertiary/aromatic N) is 1. The van der Waals surface area contributed by atoms with Gasteiger partial charge in [-0.25, -0.2) is 4.98 Å². The van der Waals surface area contributed by atoms with Gasteiger partial charge in [-0.1, -0.05) is 0 Å². The van der Waals surface area contributed by atoms with Gasteiger partial charge in [0.2, 0.25) is 0 Å². The number of rotatable bonds is 6. The number of halogens is 1. The lowest BCUT2D eigenvalue weighted by Crippen LogP contribution is -2.09. The van der Waals surface area contributed by atoms with Gasteiger partial charge in [0.1, 0.15) is 5.82 Å². The molecule has 0 saturated heterocycles. The summed E-state index contributed by atoms with van der Waals surface area (Å²) >= 11 is 3.36. The molecule has 0 aliphatic carbocycles. The van der Waals surface area contributed by atoms with Crippen LogP contribution in [-0.4, -0.2) is 24.1 Å². The second-order valence-corrected chi connectivity index (χ2v) is 4.29. The number of carbonyl (C=O) groups is 1. The zero-order valence-corrected chi connectivity index (χ0v) is 11.3. The third-order valence-corrected chi connectivity index (χ3v) is 2.62. The Hall–Kier alpha value is -1.30. The summed E-state index contributed by atoms with van der Waals surface area (Å²) in [4.78, 5) is 15.2. The molecule has 0 aliphatic heterocycles. The summed E-state index contributed by atoms with van der Waals surface area (Å²) < 4.78 is 5.64. The van der Waals surface area contributed by atoms with Gasteiger partial charge in [0, 0.05) is 13.0 Å². The van der Waals surface area contributed by atoms with Crippen LogP contribution in [0.1, 0.15) is 19.8 Å². The van der Waals surface area contributed by atoms with E-state index in [1.54, 1.807) is 19.2 Å². The lowest BCUT2D eigenvalue weighted by atomic mass is 10.3. The zero-order valence-electron chi connectivity index (χ0n) is 9.70. The molecule has 6 heteroatoms. The number of esters is 1. The Balaban J connectivity index is 2.29. The Kier molecular flexibility index (Phi) is 5.76. The minimum absolute atomic E-state index is 0.168. The number of hydrogen-bond acceptors (Lipinski definition) is 5. The number of anilines is 2. The minimum atomic E-state index is -0.168. The fraction of sp³-hybridized carbons (Fsp3) is 0.455. The number of nitrogens with two attached hydrogens (primary N) is 1. The SMILES string of the molecule is CCOC(=O)CCCNc1ncc(N)cc1Br. The van der Waals surface area contributed by atoms with Crippen LogP contribution in [-0.2, 0) is 9.53 Å². The van der Waals surface area contributed by atoms with Crippen molar-refractivity contribution in [2.75, 3.05) is 24.2 Å². The summed E-state index contributed by atoms with van der Waals surface area (Å²) in [5, 5.41) is 3.12. The van der Waals surface area contributed by atoms with Crippen molar-refractivity contribution in [1.29, 1.82) is 0 Å². The molecule has 17 heavy (non-hydrogen) atoms. The molecule has 0 unspecified atom stereocenters. The predicted molar refractivity (Wildman–Crippen MR) is 70.7 cm³/mol. The molecule has 1 aromatic rings. The van der Waals surface area contributed by atoms with E-state index >= 15 is 0 Å². The normalized spacial score (nSPS) is 10.0. The Morgan fingerprint density at radius 2 is 2.41 bits per heavy atom. The molecule has 5 nitrogen and oxygen atoms in total. The van der Waals surface area contributed by atoms with Crippen LogP contribution in [0.4, 0.5) is 11.5 Å². The first-order valence-electron chi connectivity index (χ1n) is 5.44. The summed E-state index contributed by atoms with van der Waals surface area (Å²) in [7, 11) is 0. The molecule has 0 radical (unpaired) electrons. The number of nitrogens with one attached hydrogen (secondary N) is 1. The Morgan fingerprint density at radius 3 is 3.06 bits per heavy atom. The van der Waals surface area contributed by atoms with Crippen LogP contribution in [0, 0.1) is 0 Å². The van der Waals surface area contributed by atoms with Crippen LogP contribution < -0.4 is 11.1 Å². The van der Waals surface area contributed by atoms with E-state index in [-0.39, 0.29) is 5.97 Å². The standard InChI is InChI=1S/C11H16BrN3O2/c1-2-17-10(16)4-3-5-14-11-9(12)6-8(13)7-15-11/h6-7H,2-5,13H2,1H3,(H,14,15). The van der Waals surface area contributed by atoms with Gasteiger partial charge < -0.3 is 15.8 Å². The first-order chi connectivity index (χ1) is 8.13. The summed E-state index contributed by atoms with van der Waals surface area (Å²) in [5.41, 5.74) is 6.18. The molecular formula is C11H16BrN3O2. The number of carbonyl (C=O) groups excluding carboxylic acids is 1. The highest BCUT2D eigenvalue weighted by Crippen LogP contribution is 2.21. The van der Waals surface area contributed by atoms with Gasteiger partial charge in [0.05, 0.1) is 23.0 Å². The zero-order chi connectivity index (χ0) is 12.7. The van der Waals surface area contributed by atoms with Gasteiger partial charge in [-0.3, -0.25) is 4.79 Å². The largest absolute Gasteiger partial charge is 0.466 e. The third kappa shape index (κ3) is 5.04. The molecular weight excluding hydrogens is 286 g/mol. The van der Waals surface area contributed by atoms with Crippen LogP contribution in [0.15, 0.2) is 16.7 Å². The second-order valence-electron chi connectivity index (χ2n) is 3.43. The Bertz CT molecular complexity index is 385. The molecule has 0 bridgehead atoms. The Labute approximate surface area is 109 Å². The molecule has 1 rings (SSSR count). The topological polar surface area (TPSA) is 77.2 Å². The highest BCUT2D eigenvalue weighted by molar-refractivity contribution is 9.10. The highest BCUT2D eigenvalue weighted by Gasteiger charge is 2.03. The molecule has 0 aliphatic rings. The van der Waals surface area contributed by atoms with Gasteiger partial charge in [-0.2, -0.15) is 0 Å². The van der Waals surface area contributed by atoms with Crippen molar-refractivity contribution in [3.05, 3.63) is 16.7 Å². The van der Waals surface area contributed by atoms with Crippen molar-refractivity contribution in [2.45, 2.75) is 19.8 Å². The summed E-state index contributed by atoms with van der Waals surface area (Å²) in [6.07, 6.45) is 2.70. The van der Waals surface area contributed by atoms with Crippen LogP contribution in [0.3, 0.4) is 0 Å². The maximum Gasteiger partial charge on any atom is 0.305 e. The molecule has 0 atom stereocenters. The Morgan fingerprint density at radius 1 is 1.65 bits per heavy atom. The van der Waals surface area contributed by atoms with Gasteiger partial charge in [0.15, 0.2) is 0 Å². The van der Waals surface area contributed by atoms with Crippen LogP contribution in [0.2, 0.25) is 0 Å². The quantitative estimate of drug-likeness (QED) is 0.622. The van der Waals surface area contributed by atoms with E-state index < -0.39 is 0 Å². The number of nitrogen functional groups attached to an aromatic ring is 1. The van der Waals surface area contributed by atoms with Crippen molar-refractivity contribution in [3.63, 3.8) is 0 Å². The molecule has 3 N–H and O–H groups in total. The van der Waals surface area contributed by atoms with E-state index in [0.29, 0.717) is 31.7 Å². The van der Waals surface area contributed by atoms with E-state index in [1.165, 1.54) is 0 Å². The van der Waals surface area contributed by atoms with Crippen molar-refractivity contribution in [1.82, 2.24) is 4.98 Å². The summed E-state index contributed by atoms with van der Waals surface area (Å²) in [6, 6.07) is 1.78. The molecule has 1 heterocycles. The van der Waals surface area contributed by atoms with Crippen LogP contribution >= 0.6 is 15.9 Å². The van der Waals surface area contributed by atoms with Crippen molar-refractivity contribution < 1.29 is 9.53 Å². The van der Waals surface area contributed by atoms with E-state index in [9.17, 15) is 4.79 Å². The van der Waals surface area contributed by atoms with Gasteiger partial charge in [-0.05, 0) is 35.3 Å². The van der Waals surface area contributed by atoms with E-state index in [0.717, 1.165) is 10.3 Å². The van der Waals surface area contributed by atoms with Gasteiger partial charge in [-0.15, -0.1) is 0 Å². The van der Waals surface area contributed by atoms with E-state index in [2.05, 4.69) is 26.2 Å². The molecule has 0 aromatic carbocycles. The fourth-order valence-electron chi connectivity index (χ4n) is 1.26. The lowest BCUT2D eigenvalue weighted by molar-refractivity contribution is -0.143. The number of ether oxygens (including phenoxy) is 1. The molecule has 0 amide bonds. The molecule has 1 aromatic heterocycles. The van der Waals surface area contributed by atoms with Crippen molar-refractivity contribution in [2.24, 2.45) is 0 Å². The molecule has 0 fully saturated rings. The summed E-state index contributed by atoms with van der Waals surface area (Å²) in [6.45, 7) is 2.89. The first-order valence-corrected chi connectivity index (χ1v) is 6.23. The molecule has 94 valence electrons. The maximum absolute atomic E-state index is 11.1. The third-order valence-electron chi connectivity index (χ3n) is 2.02. The average molecular weight is 302 g/mol. The number of hydrogen-bond donors (Lipinski definition) is 2. The van der Waals surface area contributed by atoms with Gasteiger partial charge >= 0.3 is 5.97 Å². The maximum atomic E-state index is 11.1. The highest BCUT2D eigenvalue weighted by atomic mass is 79.9. The fourth-order valence-corrected chi connectivity index (χ4v) is 1.76. The van der Waals surface area contributed by atoms with Crippen molar-refractivity contribution >= 4 is 33.4 Å². The van der Waals surface area contributed by atoms with Crippen molar-refractivity contribution in [3.8, 4) is 0 Å². The minimum Gasteiger partial charge on any atom is -0.466 e. The number of pyridine rings is 1. The van der Waals surface area contributed by atoms with E-state index in [1.807, 2.05) is 0 Å². The van der Waals surface area contributed by atoms with E-state index in [4.69, 9.17) is 10.5 Å².